The summed E-state index contributed by atoms with van der Waals surface area (Å²) in [6.07, 6.45) is 1.71. The molecule has 1 aliphatic heterocycles. The molecule has 0 N–H and O–H groups in total. The van der Waals surface area contributed by atoms with Crippen LogP contribution in [0.4, 0.5) is 10.5 Å². The predicted octanol–water partition coefficient (Wildman–Crippen LogP) is 4.58. The third-order valence-electron chi connectivity index (χ3n) is 2.98. The average molecular weight is 316 g/mol. The zero-order valence-corrected chi connectivity index (χ0v) is 12.4. The molecular formula is C16H10ClNO2S. The van der Waals surface area contributed by atoms with Crippen molar-refractivity contribution in [2.75, 3.05) is 4.90 Å². The van der Waals surface area contributed by atoms with E-state index < -0.39 is 0 Å². The van der Waals surface area contributed by atoms with Crippen LogP contribution < -0.4 is 4.90 Å². The van der Waals surface area contributed by atoms with Crippen molar-refractivity contribution in [3.8, 4) is 0 Å². The van der Waals surface area contributed by atoms with Gasteiger partial charge in [0.1, 0.15) is 0 Å². The van der Waals surface area contributed by atoms with Crippen molar-refractivity contribution in [2.24, 2.45) is 0 Å². The SMILES string of the molecule is O=C1S/C(=C\c2ccccc2)C(=O)N1c1ccccc1Cl. The van der Waals surface area contributed by atoms with Gasteiger partial charge in [-0.1, -0.05) is 54.1 Å². The first-order chi connectivity index (χ1) is 10.2. The molecule has 0 aromatic heterocycles. The van der Waals surface area contributed by atoms with Crippen LogP contribution in [-0.4, -0.2) is 11.1 Å². The Balaban J connectivity index is 1.97. The van der Waals surface area contributed by atoms with Gasteiger partial charge in [-0.3, -0.25) is 9.59 Å². The number of hydrogen-bond acceptors (Lipinski definition) is 3. The smallest absolute Gasteiger partial charge is 0.268 e. The molecule has 21 heavy (non-hydrogen) atoms. The Labute approximate surface area is 131 Å². The Kier molecular flexibility index (Phi) is 3.82. The topological polar surface area (TPSA) is 37.4 Å². The van der Waals surface area contributed by atoms with Gasteiger partial charge in [0.2, 0.25) is 0 Å². The van der Waals surface area contributed by atoms with Crippen molar-refractivity contribution in [1.82, 2.24) is 0 Å². The molecule has 0 aliphatic carbocycles. The van der Waals surface area contributed by atoms with Crippen LogP contribution in [0.3, 0.4) is 0 Å². The van der Waals surface area contributed by atoms with Gasteiger partial charge < -0.3 is 0 Å². The predicted molar refractivity (Wildman–Crippen MR) is 86.3 cm³/mol. The summed E-state index contributed by atoms with van der Waals surface area (Å²) in [5, 5.41) is 0.0380. The highest BCUT2D eigenvalue weighted by atomic mass is 35.5. The molecule has 0 radical (unpaired) electrons. The van der Waals surface area contributed by atoms with E-state index in [1.807, 2.05) is 30.3 Å². The Morgan fingerprint density at radius 2 is 1.62 bits per heavy atom. The van der Waals surface area contributed by atoms with E-state index in [2.05, 4.69) is 0 Å². The van der Waals surface area contributed by atoms with E-state index in [0.29, 0.717) is 15.6 Å². The summed E-state index contributed by atoms with van der Waals surface area (Å²) < 4.78 is 0. The van der Waals surface area contributed by atoms with Crippen molar-refractivity contribution in [3.05, 3.63) is 70.1 Å². The quantitative estimate of drug-likeness (QED) is 0.761. The van der Waals surface area contributed by atoms with Gasteiger partial charge >= 0.3 is 0 Å². The highest BCUT2D eigenvalue weighted by molar-refractivity contribution is 8.19. The largest absolute Gasteiger partial charge is 0.298 e. The number of benzene rings is 2. The Hall–Kier alpha value is -2.04. The van der Waals surface area contributed by atoms with Crippen LogP contribution in [0, 0.1) is 0 Å². The summed E-state index contributed by atoms with van der Waals surface area (Å²) in [7, 11) is 0. The third kappa shape index (κ3) is 2.73. The van der Waals surface area contributed by atoms with Crippen LogP contribution in [0.15, 0.2) is 59.5 Å². The van der Waals surface area contributed by atoms with E-state index in [1.54, 1.807) is 30.3 Å². The molecule has 3 rings (SSSR count). The first-order valence-electron chi connectivity index (χ1n) is 6.24. The van der Waals surface area contributed by atoms with E-state index in [0.717, 1.165) is 22.2 Å². The normalized spacial score (nSPS) is 16.8. The van der Waals surface area contributed by atoms with Crippen LogP contribution in [0.2, 0.25) is 5.02 Å². The molecule has 1 fully saturated rings. The second-order valence-electron chi connectivity index (χ2n) is 4.38. The van der Waals surface area contributed by atoms with E-state index in [9.17, 15) is 9.59 Å². The molecule has 0 spiro atoms. The zero-order valence-electron chi connectivity index (χ0n) is 10.8. The van der Waals surface area contributed by atoms with Crippen molar-refractivity contribution in [2.45, 2.75) is 0 Å². The molecule has 1 saturated heterocycles. The van der Waals surface area contributed by atoms with Gasteiger partial charge in [-0.25, -0.2) is 4.90 Å². The molecule has 1 aliphatic rings. The lowest BCUT2D eigenvalue weighted by molar-refractivity contribution is -0.113. The number of carbonyl (C=O) groups is 2. The molecule has 1 heterocycles. The maximum absolute atomic E-state index is 12.4. The fraction of sp³-hybridized carbons (Fsp3) is 0. The number of amides is 2. The lowest BCUT2D eigenvalue weighted by Crippen LogP contribution is -2.27. The molecule has 0 bridgehead atoms. The molecule has 2 amide bonds. The maximum Gasteiger partial charge on any atom is 0.298 e. The summed E-state index contributed by atoms with van der Waals surface area (Å²) in [6.45, 7) is 0. The van der Waals surface area contributed by atoms with Gasteiger partial charge in [0, 0.05) is 0 Å². The van der Waals surface area contributed by atoms with E-state index in [4.69, 9.17) is 11.6 Å². The van der Waals surface area contributed by atoms with Gasteiger partial charge in [0.25, 0.3) is 11.1 Å². The summed E-state index contributed by atoms with van der Waals surface area (Å²) in [5.41, 5.74) is 1.29. The Morgan fingerprint density at radius 3 is 2.33 bits per heavy atom. The summed E-state index contributed by atoms with van der Waals surface area (Å²) >= 11 is 6.99. The standard InChI is InChI=1S/C16H10ClNO2S/c17-12-8-4-5-9-13(12)18-15(19)14(21-16(18)20)10-11-6-2-1-3-7-11/h1-10H/b14-10-. The highest BCUT2D eigenvalue weighted by Crippen LogP contribution is 2.38. The van der Waals surface area contributed by atoms with Crippen molar-refractivity contribution < 1.29 is 9.59 Å². The molecule has 0 atom stereocenters. The molecule has 3 nitrogen and oxygen atoms in total. The number of hydrogen-bond donors (Lipinski definition) is 0. The lowest BCUT2D eigenvalue weighted by atomic mass is 10.2. The molecule has 2 aromatic rings. The van der Waals surface area contributed by atoms with Crippen LogP contribution in [-0.2, 0) is 4.79 Å². The minimum atomic E-state index is -0.345. The molecular weight excluding hydrogens is 306 g/mol. The van der Waals surface area contributed by atoms with Gasteiger partial charge in [-0.15, -0.1) is 0 Å². The summed E-state index contributed by atoms with van der Waals surface area (Å²) in [6, 6.07) is 16.2. The average Bonchev–Trinajstić information content (AvgIpc) is 2.76. The minimum Gasteiger partial charge on any atom is -0.268 e. The second kappa shape index (κ2) is 5.76. The third-order valence-corrected chi connectivity index (χ3v) is 4.17. The Morgan fingerprint density at radius 1 is 0.952 bits per heavy atom. The van der Waals surface area contributed by atoms with E-state index in [-0.39, 0.29) is 11.1 Å². The molecule has 0 saturated carbocycles. The van der Waals surface area contributed by atoms with Gasteiger partial charge in [-0.2, -0.15) is 0 Å². The van der Waals surface area contributed by atoms with E-state index >= 15 is 0 Å². The fourth-order valence-corrected chi connectivity index (χ4v) is 3.06. The maximum atomic E-state index is 12.4. The van der Waals surface area contributed by atoms with Crippen LogP contribution >= 0.6 is 23.4 Å². The number of anilines is 1. The lowest BCUT2D eigenvalue weighted by Gasteiger charge is -2.13. The first-order valence-corrected chi connectivity index (χ1v) is 7.44. The molecule has 0 unspecified atom stereocenters. The Bertz CT molecular complexity index is 743. The number of para-hydroxylation sites is 1. The van der Waals surface area contributed by atoms with Crippen molar-refractivity contribution >= 4 is 46.3 Å². The highest BCUT2D eigenvalue weighted by Gasteiger charge is 2.37. The summed E-state index contributed by atoms with van der Waals surface area (Å²) in [4.78, 5) is 26.0. The minimum absolute atomic E-state index is 0.338. The van der Waals surface area contributed by atoms with Gasteiger partial charge in [0.05, 0.1) is 15.6 Å². The van der Waals surface area contributed by atoms with Crippen LogP contribution in [0.25, 0.3) is 6.08 Å². The van der Waals surface area contributed by atoms with Crippen molar-refractivity contribution in [3.63, 3.8) is 0 Å². The van der Waals surface area contributed by atoms with Gasteiger partial charge in [-0.05, 0) is 35.5 Å². The van der Waals surface area contributed by atoms with Gasteiger partial charge in [0.15, 0.2) is 0 Å². The molecule has 2 aromatic carbocycles. The zero-order chi connectivity index (χ0) is 14.8. The molecule has 104 valence electrons. The number of rotatable bonds is 2. The van der Waals surface area contributed by atoms with E-state index in [1.165, 1.54) is 0 Å². The number of nitrogens with zero attached hydrogens (tertiary/aromatic N) is 1. The number of thioether (sulfide) groups is 1. The first kappa shape index (κ1) is 13.9. The number of carbonyl (C=O) groups excluding carboxylic acids is 2. The number of halogens is 1. The molecule has 5 heteroatoms. The van der Waals surface area contributed by atoms with Crippen LogP contribution in [0.1, 0.15) is 5.56 Å². The van der Waals surface area contributed by atoms with Crippen LogP contribution in [0.5, 0.6) is 0 Å². The monoisotopic (exact) mass is 315 g/mol. The summed E-state index contributed by atoms with van der Waals surface area (Å²) in [5.74, 6) is -0.345. The fourth-order valence-electron chi connectivity index (χ4n) is 2.01. The number of imide groups is 1. The van der Waals surface area contributed by atoms with Crippen molar-refractivity contribution in [1.29, 1.82) is 0 Å². The second-order valence-corrected chi connectivity index (χ2v) is 5.78.